The molecule has 0 radical (unpaired) electrons. The maximum Gasteiger partial charge on any atom is 0.303 e. The Morgan fingerprint density at radius 3 is 2.47 bits per heavy atom. The largest absolute Gasteiger partial charge is 0.481 e. The summed E-state index contributed by atoms with van der Waals surface area (Å²) in [5, 5.41) is 8.54. The number of carboxylic acid groups (broad SMARTS) is 1. The van der Waals surface area contributed by atoms with Crippen LogP contribution in [0.15, 0.2) is 0 Å². The van der Waals surface area contributed by atoms with Crippen molar-refractivity contribution in [3.8, 4) is 0 Å². The highest BCUT2D eigenvalue weighted by Gasteiger charge is 2.20. The van der Waals surface area contributed by atoms with Crippen molar-refractivity contribution >= 4 is 5.97 Å². The number of piperidine rings is 1. The molecule has 0 atom stereocenters. The summed E-state index contributed by atoms with van der Waals surface area (Å²) in [5.41, 5.74) is 0. The van der Waals surface area contributed by atoms with Gasteiger partial charge in [0.1, 0.15) is 0 Å². The van der Waals surface area contributed by atoms with Crippen LogP contribution >= 0.6 is 0 Å². The molecule has 0 aliphatic carbocycles. The minimum atomic E-state index is -0.674. The highest BCUT2D eigenvalue weighted by Crippen LogP contribution is 2.24. The number of likely N-dealkylation sites (tertiary alicyclic amines) is 1. The molecule has 0 bridgehead atoms. The number of hydrogen-bond acceptors (Lipinski definition) is 2. The highest BCUT2D eigenvalue weighted by molar-refractivity contribution is 5.66. The van der Waals surface area contributed by atoms with Gasteiger partial charge in [-0.05, 0) is 50.7 Å². The van der Waals surface area contributed by atoms with E-state index < -0.39 is 5.97 Å². The van der Waals surface area contributed by atoms with Crippen molar-refractivity contribution in [3.05, 3.63) is 0 Å². The number of rotatable bonds is 5. The molecule has 1 aliphatic rings. The fourth-order valence-electron chi connectivity index (χ4n) is 2.30. The molecule has 1 fully saturated rings. The SMILES string of the molecule is CC(C)C1CCN(CCCC(=O)O)CC1. The third-order valence-corrected chi connectivity index (χ3v) is 3.44. The summed E-state index contributed by atoms with van der Waals surface area (Å²) >= 11 is 0. The monoisotopic (exact) mass is 213 g/mol. The van der Waals surface area contributed by atoms with Crippen LogP contribution in [0.3, 0.4) is 0 Å². The van der Waals surface area contributed by atoms with E-state index in [2.05, 4.69) is 18.7 Å². The zero-order chi connectivity index (χ0) is 11.3. The molecule has 15 heavy (non-hydrogen) atoms. The lowest BCUT2D eigenvalue weighted by molar-refractivity contribution is -0.137. The Labute approximate surface area is 92.5 Å². The number of carboxylic acids is 1. The summed E-state index contributed by atoms with van der Waals surface area (Å²) in [6.45, 7) is 7.86. The number of hydrogen-bond donors (Lipinski definition) is 1. The molecule has 1 aliphatic heterocycles. The van der Waals surface area contributed by atoms with Gasteiger partial charge in [-0.1, -0.05) is 13.8 Å². The van der Waals surface area contributed by atoms with Gasteiger partial charge in [0.2, 0.25) is 0 Å². The molecule has 3 nitrogen and oxygen atoms in total. The van der Waals surface area contributed by atoms with Crippen LogP contribution in [0.2, 0.25) is 0 Å². The smallest absolute Gasteiger partial charge is 0.303 e. The van der Waals surface area contributed by atoms with Gasteiger partial charge >= 0.3 is 5.97 Å². The summed E-state index contributed by atoms with van der Waals surface area (Å²) in [4.78, 5) is 12.8. The summed E-state index contributed by atoms with van der Waals surface area (Å²) in [6.07, 6.45) is 3.67. The molecule has 1 N–H and O–H groups in total. The maximum absolute atomic E-state index is 10.4. The molecule has 1 rings (SSSR count). The zero-order valence-corrected chi connectivity index (χ0v) is 9.91. The van der Waals surface area contributed by atoms with Crippen LogP contribution in [0.25, 0.3) is 0 Å². The van der Waals surface area contributed by atoms with E-state index >= 15 is 0 Å². The van der Waals surface area contributed by atoms with Crippen LogP contribution in [-0.4, -0.2) is 35.6 Å². The molecule has 3 heteroatoms. The molecule has 0 aromatic heterocycles. The van der Waals surface area contributed by atoms with Gasteiger partial charge in [-0.25, -0.2) is 0 Å². The molecule has 0 saturated carbocycles. The quantitative estimate of drug-likeness (QED) is 0.761. The Hall–Kier alpha value is -0.570. The van der Waals surface area contributed by atoms with Gasteiger partial charge in [-0.2, -0.15) is 0 Å². The van der Waals surface area contributed by atoms with Crippen molar-refractivity contribution in [3.63, 3.8) is 0 Å². The van der Waals surface area contributed by atoms with E-state index in [0.29, 0.717) is 6.42 Å². The second kappa shape index (κ2) is 6.11. The van der Waals surface area contributed by atoms with Crippen LogP contribution in [0.5, 0.6) is 0 Å². The first-order valence-electron chi connectivity index (χ1n) is 6.03. The van der Waals surface area contributed by atoms with Crippen LogP contribution in [0.1, 0.15) is 39.5 Å². The summed E-state index contributed by atoms with van der Waals surface area (Å²) in [7, 11) is 0. The molecule has 0 amide bonds. The fourth-order valence-corrected chi connectivity index (χ4v) is 2.30. The minimum absolute atomic E-state index is 0.310. The predicted molar refractivity (Wildman–Crippen MR) is 60.9 cm³/mol. The van der Waals surface area contributed by atoms with E-state index in [9.17, 15) is 4.79 Å². The molecule has 0 unspecified atom stereocenters. The van der Waals surface area contributed by atoms with Crippen LogP contribution in [-0.2, 0) is 4.79 Å². The van der Waals surface area contributed by atoms with E-state index in [0.717, 1.165) is 37.9 Å². The van der Waals surface area contributed by atoms with Gasteiger partial charge in [-0.3, -0.25) is 4.79 Å². The standard InChI is InChI=1S/C12H23NO2/c1-10(2)11-5-8-13(9-6-11)7-3-4-12(14)15/h10-11H,3-9H2,1-2H3,(H,14,15). The molecular formula is C12H23NO2. The van der Waals surface area contributed by atoms with Gasteiger partial charge in [0.15, 0.2) is 0 Å². The van der Waals surface area contributed by atoms with Crippen LogP contribution in [0.4, 0.5) is 0 Å². The average Bonchev–Trinajstić information content (AvgIpc) is 2.18. The lowest BCUT2D eigenvalue weighted by atomic mass is 9.87. The first-order chi connectivity index (χ1) is 7.09. The molecule has 0 aromatic carbocycles. The molecule has 88 valence electrons. The normalized spacial score (nSPS) is 19.7. The van der Waals surface area contributed by atoms with Crippen LogP contribution < -0.4 is 0 Å². The van der Waals surface area contributed by atoms with E-state index in [1.54, 1.807) is 0 Å². The van der Waals surface area contributed by atoms with Gasteiger partial charge in [0.05, 0.1) is 0 Å². The second-order valence-corrected chi connectivity index (χ2v) is 4.92. The highest BCUT2D eigenvalue weighted by atomic mass is 16.4. The van der Waals surface area contributed by atoms with Crippen molar-refractivity contribution in [1.29, 1.82) is 0 Å². The van der Waals surface area contributed by atoms with Crippen LogP contribution in [0, 0.1) is 11.8 Å². The van der Waals surface area contributed by atoms with Crippen molar-refractivity contribution in [2.24, 2.45) is 11.8 Å². The zero-order valence-electron chi connectivity index (χ0n) is 9.91. The van der Waals surface area contributed by atoms with E-state index in [1.165, 1.54) is 12.8 Å². The van der Waals surface area contributed by atoms with Crippen molar-refractivity contribution in [2.45, 2.75) is 39.5 Å². The first-order valence-corrected chi connectivity index (χ1v) is 6.03. The van der Waals surface area contributed by atoms with Crippen molar-refractivity contribution in [1.82, 2.24) is 4.90 Å². The van der Waals surface area contributed by atoms with Gasteiger partial charge in [-0.15, -0.1) is 0 Å². The fraction of sp³-hybridized carbons (Fsp3) is 0.917. The van der Waals surface area contributed by atoms with Gasteiger partial charge in [0.25, 0.3) is 0 Å². The first kappa shape index (κ1) is 12.5. The summed E-state index contributed by atoms with van der Waals surface area (Å²) < 4.78 is 0. The summed E-state index contributed by atoms with van der Waals surface area (Å²) in [5.74, 6) is 0.999. The second-order valence-electron chi connectivity index (χ2n) is 4.92. The van der Waals surface area contributed by atoms with E-state index in [-0.39, 0.29) is 0 Å². The third-order valence-electron chi connectivity index (χ3n) is 3.44. The predicted octanol–water partition coefficient (Wildman–Crippen LogP) is 2.22. The Balaban J connectivity index is 2.12. The lowest BCUT2D eigenvalue weighted by Crippen LogP contribution is -2.35. The number of carbonyl (C=O) groups is 1. The third kappa shape index (κ3) is 4.65. The van der Waals surface area contributed by atoms with Gasteiger partial charge in [0, 0.05) is 6.42 Å². The number of aliphatic carboxylic acids is 1. The minimum Gasteiger partial charge on any atom is -0.481 e. The van der Waals surface area contributed by atoms with Gasteiger partial charge < -0.3 is 10.0 Å². The molecule has 0 spiro atoms. The number of nitrogens with zero attached hydrogens (tertiary/aromatic N) is 1. The topological polar surface area (TPSA) is 40.5 Å². The van der Waals surface area contributed by atoms with Crippen molar-refractivity contribution in [2.75, 3.05) is 19.6 Å². The maximum atomic E-state index is 10.4. The Bertz CT molecular complexity index is 196. The molecule has 1 saturated heterocycles. The van der Waals surface area contributed by atoms with Crippen molar-refractivity contribution < 1.29 is 9.90 Å². The molecular weight excluding hydrogens is 190 g/mol. The Kier molecular flexibility index (Phi) is 5.09. The van der Waals surface area contributed by atoms with E-state index in [1.807, 2.05) is 0 Å². The Morgan fingerprint density at radius 1 is 1.40 bits per heavy atom. The molecule has 1 heterocycles. The Morgan fingerprint density at radius 2 is 2.00 bits per heavy atom. The molecule has 0 aromatic rings. The average molecular weight is 213 g/mol. The summed E-state index contributed by atoms with van der Waals surface area (Å²) in [6, 6.07) is 0. The van der Waals surface area contributed by atoms with E-state index in [4.69, 9.17) is 5.11 Å². The lowest BCUT2D eigenvalue weighted by Gasteiger charge is -2.33.